The van der Waals surface area contributed by atoms with Gasteiger partial charge in [-0.05, 0) is 33.5 Å². The molecule has 0 heterocycles. The Kier molecular flexibility index (Phi) is 5.99. The van der Waals surface area contributed by atoms with Gasteiger partial charge < -0.3 is 15.5 Å². The average Bonchev–Trinajstić information content (AvgIpc) is 2.38. The molecule has 19 heavy (non-hydrogen) atoms. The average molecular weight is 263 g/mol. The minimum atomic E-state index is -0.578. The number of hydrogen-bond donors (Lipinski definition) is 1. The maximum absolute atomic E-state index is 12.5. The molecule has 4 heteroatoms. The van der Waals surface area contributed by atoms with Crippen LogP contribution in [-0.2, 0) is 4.79 Å². The van der Waals surface area contributed by atoms with Crippen LogP contribution in [0.2, 0.25) is 0 Å². The van der Waals surface area contributed by atoms with E-state index in [4.69, 9.17) is 5.73 Å². The maximum Gasteiger partial charge on any atom is 0.244 e. The van der Waals surface area contributed by atoms with E-state index in [1.54, 1.807) is 0 Å². The molecular weight excluding hydrogens is 238 g/mol. The van der Waals surface area contributed by atoms with Crippen molar-refractivity contribution in [3.63, 3.8) is 0 Å². The fourth-order valence-electron chi connectivity index (χ4n) is 2.29. The molecule has 0 aliphatic rings. The zero-order valence-corrected chi connectivity index (χ0v) is 12.3. The summed E-state index contributed by atoms with van der Waals surface area (Å²) in [7, 11) is 4.01. The first kappa shape index (κ1) is 15.7. The van der Waals surface area contributed by atoms with Crippen molar-refractivity contribution in [2.75, 3.05) is 27.2 Å². The Morgan fingerprint density at radius 2 is 1.84 bits per heavy atom. The lowest BCUT2D eigenvalue weighted by Crippen LogP contribution is -2.47. The van der Waals surface area contributed by atoms with Crippen LogP contribution in [0.1, 0.15) is 25.5 Å². The van der Waals surface area contributed by atoms with Crippen LogP contribution in [-0.4, -0.2) is 48.9 Å². The standard InChI is InChI=1S/C15H25N3O/c1-5-18(12(2)11-17(3)4)15(19)14(16)13-9-7-6-8-10-13/h6-10,12,14H,5,11,16H2,1-4H3/t12?,14-/m0/s1. The van der Waals surface area contributed by atoms with Crippen LogP contribution in [0.4, 0.5) is 0 Å². The summed E-state index contributed by atoms with van der Waals surface area (Å²) in [6.45, 7) is 5.55. The summed E-state index contributed by atoms with van der Waals surface area (Å²) in [6.07, 6.45) is 0. The van der Waals surface area contributed by atoms with Crippen molar-refractivity contribution in [1.29, 1.82) is 0 Å². The van der Waals surface area contributed by atoms with Crippen LogP contribution >= 0.6 is 0 Å². The van der Waals surface area contributed by atoms with Crippen LogP contribution < -0.4 is 5.73 Å². The third-order valence-electron chi connectivity index (χ3n) is 3.21. The number of likely N-dealkylation sites (N-methyl/N-ethyl adjacent to an activating group) is 2. The molecule has 1 unspecified atom stereocenters. The zero-order chi connectivity index (χ0) is 14.4. The molecule has 0 radical (unpaired) electrons. The van der Waals surface area contributed by atoms with Gasteiger partial charge in [-0.2, -0.15) is 0 Å². The Bertz CT molecular complexity index is 392. The maximum atomic E-state index is 12.5. The summed E-state index contributed by atoms with van der Waals surface area (Å²) in [5.74, 6) is -0.0111. The van der Waals surface area contributed by atoms with Crippen molar-refractivity contribution in [2.24, 2.45) is 5.73 Å². The van der Waals surface area contributed by atoms with Crippen molar-refractivity contribution < 1.29 is 4.79 Å². The Balaban J connectivity index is 2.78. The Labute approximate surface area is 116 Å². The molecule has 1 amide bonds. The van der Waals surface area contributed by atoms with Gasteiger partial charge in [-0.1, -0.05) is 30.3 Å². The van der Waals surface area contributed by atoms with Gasteiger partial charge in [0.1, 0.15) is 6.04 Å². The van der Waals surface area contributed by atoms with E-state index in [1.807, 2.05) is 56.3 Å². The molecule has 1 rings (SSSR count). The van der Waals surface area contributed by atoms with Crippen LogP contribution in [0.25, 0.3) is 0 Å². The van der Waals surface area contributed by atoms with Crippen molar-refractivity contribution in [3.05, 3.63) is 35.9 Å². The van der Waals surface area contributed by atoms with Gasteiger partial charge in [-0.25, -0.2) is 0 Å². The van der Waals surface area contributed by atoms with Crippen LogP contribution in [0.15, 0.2) is 30.3 Å². The monoisotopic (exact) mass is 263 g/mol. The number of rotatable bonds is 6. The second-order valence-electron chi connectivity index (χ2n) is 5.12. The van der Waals surface area contributed by atoms with Gasteiger partial charge in [0, 0.05) is 19.1 Å². The van der Waals surface area contributed by atoms with Gasteiger partial charge in [0.2, 0.25) is 5.91 Å². The first-order valence-corrected chi connectivity index (χ1v) is 6.73. The molecule has 0 fully saturated rings. The number of amides is 1. The van der Waals surface area contributed by atoms with E-state index in [1.165, 1.54) is 0 Å². The quantitative estimate of drug-likeness (QED) is 0.846. The van der Waals surface area contributed by atoms with Gasteiger partial charge in [-0.3, -0.25) is 4.79 Å². The summed E-state index contributed by atoms with van der Waals surface area (Å²) < 4.78 is 0. The molecule has 1 aromatic carbocycles. The molecule has 2 N–H and O–H groups in total. The summed E-state index contributed by atoms with van der Waals surface area (Å²) in [5.41, 5.74) is 6.94. The van der Waals surface area contributed by atoms with Crippen LogP contribution in [0.3, 0.4) is 0 Å². The Morgan fingerprint density at radius 3 is 2.32 bits per heavy atom. The van der Waals surface area contributed by atoms with E-state index in [9.17, 15) is 4.79 Å². The highest BCUT2D eigenvalue weighted by molar-refractivity contribution is 5.83. The SMILES string of the molecule is CCN(C(=O)[C@@H](N)c1ccccc1)C(C)CN(C)C. The second kappa shape index (κ2) is 7.26. The van der Waals surface area contributed by atoms with Gasteiger partial charge in [-0.15, -0.1) is 0 Å². The number of carbonyl (C=O) groups is 1. The molecular formula is C15H25N3O. The first-order valence-electron chi connectivity index (χ1n) is 6.73. The minimum absolute atomic E-state index is 0.0111. The molecule has 1 aromatic rings. The van der Waals surface area contributed by atoms with Gasteiger partial charge in [0.05, 0.1) is 0 Å². The fraction of sp³-hybridized carbons (Fsp3) is 0.533. The lowest BCUT2D eigenvalue weighted by atomic mass is 10.1. The summed E-state index contributed by atoms with van der Waals surface area (Å²) >= 11 is 0. The van der Waals surface area contributed by atoms with Crippen molar-refractivity contribution in [2.45, 2.75) is 25.9 Å². The van der Waals surface area contributed by atoms with Gasteiger partial charge in [0.15, 0.2) is 0 Å². The second-order valence-corrected chi connectivity index (χ2v) is 5.12. The highest BCUT2D eigenvalue weighted by atomic mass is 16.2. The van der Waals surface area contributed by atoms with Crippen LogP contribution in [0.5, 0.6) is 0 Å². The summed E-state index contributed by atoms with van der Waals surface area (Å²) in [5, 5.41) is 0. The zero-order valence-electron chi connectivity index (χ0n) is 12.3. The molecule has 0 aliphatic carbocycles. The number of nitrogens with two attached hydrogens (primary N) is 1. The van der Waals surface area contributed by atoms with Crippen molar-refractivity contribution >= 4 is 5.91 Å². The van der Waals surface area contributed by atoms with Gasteiger partial charge in [0.25, 0.3) is 0 Å². The predicted molar refractivity (Wildman–Crippen MR) is 78.8 cm³/mol. The molecule has 106 valence electrons. The lowest BCUT2D eigenvalue weighted by molar-refractivity contribution is -0.134. The smallest absolute Gasteiger partial charge is 0.244 e. The highest BCUT2D eigenvalue weighted by Crippen LogP contribution is 2.14. The van der Waals surface area contributed by atoms with E-state index in [0.717, 1.165) is 12.1 Å². The first-order chi connectivity index (χ1) is 8.97. The molecule has 0 aromatic heterocycles. The van der Waals surface area contributed by atoms with E-state index in [2.05, 4.69) is 11.8 Å². The fourth-order valence-corrected chi connectivity index (χ4v) is 2.29. The topological polar surface area (TPSA) is 49.6 Å². The minimum Gasteiger partial charge on any atom is -0.337 e. The molecule has 0 aliphatic heterocycles. The molecule has 0 bridgehead atoms. The molecule has 0 saturated heterocycles. The largest absolute Gasteiger partial charge is 0.337 e. The molecule has 2 atom stereocenters. The number of nitrogens with zero attached hydrogens (tertiary/aromatic N) is 2. The van der Waals surface area contributed by atoms with E-state index < -0.39 is 6.04 Å². The Hall–Kier alpha value is -1.39. The number of carbonyl (C=O) groups excluding carboxylic acids is 1. The van der Waals surface area contributed by atoms with E-state index in [-0.39, 0.29) is 11.9 Å². The molecule has 0 spiro atoms. The third-order valence-corrected chi connectivity index (χ3v) is 3.21. The molecule has 4 nitrogen and oxygen atoms in total. The lowest BCUT2D eigenvalue weighted by Gasteiger charge is -2.32. The molecule has 0 saturated carbocycles. The van der Waals surface area contributed by atoms with Gasteiger partial charge >= 0.3 is 0 Å². The van der Waals surface area contributed by atoms with Crippen molar-refractivity contribution in [3.8, 4) is 0 Å². The Morgan fingerprint density at radius 1 is 1.26 bits per heavy atom. The number of benzene rings is 1. The summed E-state index contributed by atoms with van der Waals surface area (Å²) in [4.78, 5) is 16.4. The van der Waals surface area contributed by atoms with E-state index in [0.29, 0.717) is 6.54 Å². The normalized spacial score (nSPS) is 14.2. The number of hydrogen-bond acceptors (Lipinski definition) is 3. The predicted octanol–water partition coefficient (Wildman–Crippen LogP) is 1.48. The van der Waals surface area contributed by atoms with Crippen LogP contribution in [0, 0.1) is 0 Å². The van der Waals surface area contributed by atoms with Crippen molar-refractivity contribution in [1.82, 2.24) is 9.80 Å². The highest BCUT2D eigenvalue weighted by Gasteiger charge is 2.25. The van der Waals surface area contributed by atoms with E-state index >= 15 is 0 Å². The third kappa shape index (κ3) is 4.33. The summed E-state index contributed by atoms with van der Waals surface area (Å²) in [6, 6.07) is 9.10.